The lowest BCUT2D eigenvalue weighted by atomic mass is 11.0. The van der Waals surface area contributed by atoms with Crippen molar-refractivity contribution in [2.75, 3.05) is 0 Å². The standard InChI is InChI=1S/C18H46O5Si6/c1-15-28(13,16-2)22-26(9,10)20-24(5,6)19-25(7,8)21-27(11,12)23-29(14,17-3)18-4/h15,17H,1,3,16,18H2,2,4-14H3. The molecule has 2 atom stereocenters. The van der Waals surface area contributed by atoms with Crippen molar-refractivity contribution in [2.24, 2.45) is 0 Å². The average Bonchev–Trinajstić information content (AvgIpc) is 2.49. The zero-order chi connectivity index (χ0) is 23.4. The molecule has 0 aliphatic heterocycles. The van der Waals surface area contributed by atoms with Gasteiger partial charge in [0.05, 0.1) is 0 Å². The average molecular weight is 511 g/mol. The first kappa shape index (κ1) is 29.6. The molecular formula is C18H46O5Si6. The third-order valence-electron chi connectivity index (χ3n) is 4.70. The fraction of sp³-hybridized carbons (Fsp3) is 0.778. The van der Waals surface area contributed by atoms with Crippen LogP contribution in [0.3, 0.4) is 0 Å². The molecule has 0 heterocycles. The molecule has 29 heavy (non-hydrogen) atoms. The molecule has 11 heteroatoms. The highest BCUT2D eigenvalue weighted by atomic mass is 28.5. The zero-order valence-corrected chi connectivity index (χ0v) is 27.0. The van der Waals surface area contributed by atoms with Gasteiger partial charge in [0.2, 0.25) is 16.6 Å². The summed E-state index contributed by atoms with van der Waals surface area (Å²) in [6.45, 7) is 33.4. The van der Waals surface area contributed by atoms with Crippen LogP contribution in [0.4, 0.5) is 0 Å². The predicted octanol–water partition coefficient (Wildman–Crippen LogP) is 6.52. The maximum Gasteiger partial charge on any atom is 0.314 e. The lowest BCUT2D eigenvalue weighted by Crippen LogP contribution is -2.60. The summed E-state index contributed by atoms with van der Waals surface area (Å²) in [4.78, 5) is 0. The van der Waals surface area contributed by atoms with Gasteiger partial charge in [0.25, 0.3) is 0 Å². The maximum absolute atomic E-state index is 6.58. The number of hydrogen-bond donors (Lipinski definition) is 0. The van der Waals surface area contributed by atoms with Gasteiger partial charge in [-0.25, -0.2) is 0 Å². The van der Waals surface area contributed by atoms with Crippen LogP contribution in [-0.2, 0) is 20.6 Å². The highest BCUT2D eigenvalue weighted by Gasteiger charge is 2.47. The summed E-state index contributed by atoms with van der Waals surface area (Å²) in [6, 6.07) is 1.98. The molecule has 0 N–H and O–H groups in total. The van der Waals surface area contributed by atoms with Crippen LogP contribution in [-0.4, -0.2) is 50.9 Å². The molecule has 0 radical (unpaired) electrons. The van der Waals surface area contributed by atoms with E-state index >= 15 is 0 Å². The van der Waals surface area contributed by atoms with Crippen molar-refractivity contribution in [1.82, 2.24) is 0 Å². The summed E-state index contributed by atoms with van der Waals surface area (Å²) in [7, 11) is -13.5. The first-order chi connectivity index (χ1) is 12.8. The third kappa shape index (κ3) is 11.1. The molecular weight excluding hydrogens is 465 g/mol. The van der Waals surface area contributed by atoms with Crippen LogP contribution in [0.2, 0.25) is 77.6 Å². The molecule has 0 fully saturated rings. The summed E-state index contributed by atoms with van der Waals surface area (Å²) in [5, 5.41) is 0. The van der Waals surface area contributed by atoms with Crippen molar-refractivity contribution in [2.45, 2.75) is 91.4 Å². The highest BCUT2D eigenvalue weighted by molar-refractivity contribution is 6.92. The van der Waals surface area contributed by atoms with E-state index in [1.54, 1.807) is 0 Å². The van der Waals surface area contributed by atoms with E-state index in [0.717, 1.165) is 12.1 Å². The molecule has 2 unspecified atom stereocenters. The molecule has 0 aliphatic rings. The Balaban J connectivity index is 5.24. The van der Waals surface area contributed by atoms with Crippen molar-refractivity contribution in [3.8, 4) is 0 Å². The van der Waals surface area contributed by atoms with E-state index in [9.17, 15) is 0 Å². The van der Waals surface area contributed by atoms with Gasteiger partial charge in [0.1, 0.15) is 0 Å². The Kier molecular flexibility index (Phi) is 10.7. The highest BCUT2D eigenvalue weighted by Crippen LogP contribution is 2.28. The molecule has 172 valence electrons. The normalized spacial score (nSPS) is 18.1. The summed E-state index contributed by atoms with van der Waals surface area (Å²) in [5.74, 6) is 0. The van der Waals surface area contributed by atoms with Crippen molar-refractivity contribution < 1.29 is 20.6 Å². The lowest BCUT2D eigenvalue weighted by Gasteiger charge is -2.43. The first-order valence-corrected chi connectivity index (χ1v) is 27.2. The molecule has 0 aliphatic carbocycles. The second kappa shape index (κ2) is 10.5. The van der Waals surface area contributed by atoms with Gasteiger partial charge in [-0.3, -0.25) is 0 Å². The van der Waals surface area contributed by atoms with Crippen molar-refractivity contribution in [3.05, 3.63) is 24.6 Å². The Labute approximate surface area is 187 Å². The van der Waals surface area contributed by atoms with Crippen LogP contribution in [0, 0.1) is 0 Å². The van der Waals surface area contributed by atoms with E-state index in [-0.39, 0.29) is 0 Å². The second-order valence-corrected chi connectivity index (χ2v) is 32.6. The third-order valence-corrected chi connectivity index (χ3v) is 28.7. The van der Waals surface area contributed by atoms with Crippen LogP contribution < -0.4 is 0 Å². The minimum Gasteiger partial charge on any atom is -0.433 e. The van der Waals surface area contributed by atoms with Crippen LogP contribution >= 0.6 is 0 Å². The van der Waals surface area contributed by atoms with Gasteiger partial charge in [0, 0.05) is 0 Å². The van der Waals surface area contributed by atoms with Gasteiger partial charge in [-0.15, -0.1) is 13.2 Å². The van der Waals surface area contributed by atoms with Gasteiger partial charge in [-0.2, -0.15) is 0 Å². The van der Waals surface area contributed by atoms with E-state index in [1.807, 2.05) is 11.4 Å². The molecule has 0 aromatic rings. The molecule has 5 nitrogen and oxygen atoms in total. The largest absolute Gasteiger partial charge is 0.433 e. The monoisotopic (exact) mass is 510 g/mol. The molecule has 0 amide bonds. The Bertz CT molecular complexity index is 521. The van der Waals surface area contributed by atoms with Gasteiger partial charge in [-0.1, -0.05) is 25.2 Å². The SMILES string of the molecule is C=C[Si](C)(CC)O[Si](C)(C)O[Si](C)(C)O[Si](C)(C)O[Si](C)(C)O[Si](C)(C=C)CC. The van der Waals surface area contributed by atoms with Crippen LogP contribution in [0.15, 0.2) is 24.6 Å². The van der Waals surface area contributed by atoms with Gasteiger partial charge >= 0.3 is 34.2 Å². The van der Waals surface area contributed by atoms with Gasteiger partial charge in [0.15, 0.2) is 0 Å². The fourth-order valence-corrected chi connectivity index (χ4v) is 31.3. The summed E-state index contributed by atoms with van der Waals surface area (Å²) >= 11 is 0. The van der Waals surface area contributed by atoms with Crippen LogP contribution in [0.5, 0.6) is 0 Å². The van der Waals surface area contributed by atoms with Crippen molar-refractivity contribution in [1.29, 1.82) is 0 Å². The molecule has 0 saturated carbocycles. The molecule has 0 rings (SSSR count). The molecule has 0 saturated heterocycles. The molecule has 0 spiro atoms. The van der Waals surface area contributed by atoms with Crippen LogP contribution in [0.25, 0.3) is 0 Å². The topological polar surface area (TPSA) is 46.2 Å². The van der Waals surface area contributed by atoms with E-state index in [2.05, 4.69) is 92.5 Å². The van der Waals surface area contributed by atoms with Crippen molar-refractivity contribution in [3.63, 3.8) is 0 Å². The quantitative estimate of drug-likeness (QED) is 0.249. The van der Waals surface area contributed by atoms with Crippen molar-refractivity contribution >= 4 is 50.9 Å². The van der Waals surface area contributed by atoms with Gasteiger partial charge in [-0.05, 0) is 77.6 Å². The summed E-state index contributed by atoms with van der Waals surface area (Å²) in [5.41, 5.74) is 4.00. The number of hydrogen-bond acceptors (Lipinski definition) is 5. The van der Waals surface area contributed by atoms with E-state index in [0.29, 0.717) is 0 Å². The Morgan fingerprint density at radius 1 is 0.483 bits per heavy atom. The minimum absolute atomic E-state index is 0.989. The smallest absolute Gasteiger partial charge is 0.314 e. The Morgan fingerprint density at radius 3 is 0.862 bits per heavy atom. The summed E-state index contributed by atoms with van der Waals surface area (Å²) < 4.78 is 32.7. The minimum atomic E-state index is -2.46. The maximum atomic E-state index is 6.58. The first-order valence-electron chi connectivity index (χ1n) is 10.6. The zero-order valence-electron chi connectivity index (χ0n) is 21.0. The Hall–Kier alpha value is 0.581. The van der Waals surface area contributed by atoms with E-state index in [4.69, 9.17) is 20.6 Å². The fourth-order valence-electron chi connectivity index (χ4n) is 3.50. The molecule has 0 aromatic heterocycles. The lowest BCUT2D eigenvalue weighted by molar-refractivity contribution is 0.282. The molecule has 0 aromatic carbocycles. The van der Waals surface area contributed by atoms with E-state index in [1.165, 1.54) is 0 Å². The second-order valence-electron chi connectivity index (χ2n) is 9.85. The van der Waals surface area contributed by atoms with Crippen LogP contribution in [0.1, 0.15) is 13.8 Å². The number of rotatable bonds is 14. The molecule has 0 bridgehead atoms. The predicted molar refractivity (Wildman–Crippen MR) is 140 cm³/mol. The summed E-state index contributed by atoms with van der Waals surface area (Å²) in [6.07, 6.45) is 0. The van der Waals surface area contributed by atoms with E-state index < -0.39 is 50.9 Å². The Morgan fingerprint density at radius 2 is 0.690 bits per heavy atom. The van der Waals surface area contributed by atoms with Gasteiger partial charge < -0.3 is 20.6 Å².